The number of carbonyl (C=O) groups is 1. The molecule has 0 aliphatic carbocycles. The van der Waals surface area contributed by atoms with Crippen molar-refractivity contribution in [3.8, 4) is 11.4 Å². The smallest absolute Gasteiger partial charge is 0.242 e. The molecule has 5 rings (SSSR count). The van der Waals surface area contributed by atoms with Crippen LogP contribution in [-0.2, 0) is 11.3 Å². The Morgan fingerprint density at radius 3 is 2.28 bits per heavy atom. The lowest BCUT2D eigenvalue weighted by Gasteiger charge is -2.18. The Balaban J connectivity index is 1.52. The standard InChI is InChI=1S/C29H26N4O2S/c1-20-13-15-24(16-14-20)30-28(34)26(23-11-7-4-8-12-23)36-29-32-31-27(25-17-18-35-21(25)2)33(29)19-22-9-5-3-6-10-22/h3-18,26H,19H2,1-2H3,(H,30,34). The Labute approximate surface area is 214 Å². The van der Waals surface area contributed by atoms with Gasteiger partial charge in [-0.1, -0.05) is 90.1 Å². The minimum atomic E-state index is -0.524. The van der Waals surface area contributed by atoms with Gasteiger partial charge in [0.15, 0.2) is 11.0 Å². The van der Waals surface area contributed by atoms with E-state index in [4.69, 9.17) is 4.42 Å². The average molecular weight is 495 g/mol. The first-order chi connectivity index (χ1) is 17.6. The van der Waals surface area contributed by atoms with Gasteiger partial charge in [-0.3, -0.25) is 9.36 Å². The van der Waals surface area contributed by atoms with Crippen molar-refractivity contribution in [2.45, 2.75) is 30.8 Å². The highest BCUT2D eigenvalue weighted by Crippen LogP contribution is 2.37. The zero-order valence-electron chi connectivity index (χ0n) is 20.1. The van der Waals surface area contributed by atoms with Gasteiger partial charge in [0.05, 0.1) is 18.4 Å². The number of amides is 1. The molecule has 1 unspecified atom stereocenters. The highest BCUT2D eigenvalue weighted by atomic mass is 32.2. The Morgan fingerprint density at radius 2 is 1.61 bits per heavy atom. The van der Waals surface area contributed by atoms with Crippen LogP contribution in [0.25, 0.3) is 11.4 Å². The van der Waals surface area contributed by atoms with Gasteiger partial charge in [-0.25, -0.2) is 0 Å². The fourth-order valence-electron chi connectivity index (χ4n) is 3.95. The second kappa shape index (κ2) is 10.7. The van der Waals surface area contributed by atoms with Crippen molar-refractivity contribution in [3.05, 3.63) is 120 Å². The summed E-state index contributed by atoms with van der Waals surface area (Å²) in [5, 5.41) is 12.2. The van der Waals surface area contributed by atoms with E-state index in [9.17, 15) is 4.79 Å². The Hall–Kier alpha value is -4.10. The minimum Gasteiger partial charge on any atom is -0.469 e. The van der Waals surface area contributed by atoms with Crippen LogP contribution in [0.2, 0.25) is 0 Å². The summed E-state index contributed by atoms with van der Waals surface area (Å²) in [6.07, 6.45) is 1.65. The van der Waals surface area contributed by atoms with Crippen LogP contribution in [0.3, 0.4) is 0 Å². The first kappa shape index (κ1) is 23.6. The van der Waals surface area contributed by atoms with Crippen molar-refractivity contribution in [1.82, 2.24) is 14.8 Å². The molecule has 36 heavy (non-hydrogen) atoms. The van der Waals surface area contributed by atoms with E-state index in [1.165, 1.54) is 11.8 Å². The van der Waals surface area contributed by atoms with Crippen LogP contribution in [-0.4, -0.2) is 20.7 Å². The molecule has 0 saturated heterocycles. The summed E-state index contributed by atoms with van der Waals surface area (Å²) >= 11 is 1.39. The van der Waals surface area contributed by atoms with Crippen molar-refractivity contribution in [3.63, 3.8) is 0 Å². The molecular formula is C29H26N4O2S. The number of hydrogen-bond donors (Lipinski definition) is 1. The summed E-state index contributed by atoms with van der Waals surface area (Å²) in [5.74, 6) is 1.36. The molecule has 6 nitrogen and oxygen atoms in total. The molecule has 1 N–H and O–H groups in total. The predicted octanol–water partition coefficient (Wildman–Crippen LogP) is 6.68. The monoisotopic (exact) mass is 494 g/mol. The lowest BCUT2D eigenvalue weighted by atomic mass is 10.1. The molecule has 1 amide bonds. The molecular weight excluding hydrogens is 468 g/mol. The number of hydrogen-bond acceptors (Lipinski definition) is 5. The molecule has 0 fully saturated rings. The number of benzene rings is 3. The fraction of sp³-hybridized carbons (Fsp3) is 0.138. The number of anilines is 1. The number of aryl methyl sites for hydroxylation is 2. The van der Waals surface area contributed by atoms with Crippen LogP contribution in [0.1, 0.15) is 27.7 Å². The van der Waals surface area contributed by atoms with Crippen LogP contribution in [0.5, 0.6) is 0 Å². The maximum Gasteiger partial charge on any atom is 0.242 e. The third-order valence-corrected chi connectivity index (χ3v) is 7.12. The van der Waals surface area contributed by atoms with E-state index < -0.39 is 5.25 Å². The Morgan fingerprint density at radius 1 is 0.917 bits per heavy atom. The first-order valence-electron chi connectivity index (χ1n) is 11.7. The van der Waals surface area contributed by atoms with Gasteiger partial charge >= 0.3 is 0 Å². The quantitative estimate of drug-likeness (QED) is 0.244. The lowest BCUT2D eigenvalue weighted by molar-refractivity contribution is -0.115. The molecule has 180 valence electrons. The zero-order chi connectivity index (χ0) is 24.9. The highest BCUT2D eigenvalue weighted by Gasteiger charge is 2.27. The van der Waals surface area contributed by atoms with Crippen molar-refractivity contribution >= 4 is 23.4 Å². The molecule has 3 aromatic carbocycles. The Kier molecular flexibility index (Phi) is 7.00. The van der Waals surface area contributed by atoms with Crippen molar-refractivity contribution in [2.75, 3.05) is 5.32 Å². The summed E-state index contributed by atoms with van der Waals surface area (Å²) in [6.45, 7) is 4.50. The second-order valence-corrected chi connectivity index (χ2v) is 9.60. The number of thioether (sulfide) groups is 1. The molecule has 2 heterocycles. The van der Waals surface area contributed by atoms with E-state index in [2.05, 4.69) is 27.6 Å². The van der Waals surface area contributed by atoms with Crippen molar-refractivity contribution < 1.29 is 9.21 Å². The average Bonchev–Trinajstić information content (AvgIpc) is 3.50. The highest BCUT2D eigenvalue weighted by molar-refractivity contribution is 8.00. The minimum absolute atomic E-state index is 0.120. The van der Waals surface area contributed by atoms with Crippen molar-refractivity contribution in [2.24, 2.45) is 0 Å². The number of rotatable bonds is 8. The van der Waals surface area contributed by atoms with E-state index >= 15 is 0 Å². The van der Waals surface area contributed by atoms with Gasteiger partial charge in [0.2, 0.25) is 5.91 Å². The van der Waals surface area contributed by atoms with E-state index in [-0.39, 0.29) is 5.91 Å². The SMILES string of the molecule is Cc1ccc(NC(=O)C(Sc2nnc(-c3ccoc3C)n2Cc2ccccc2)c2ccccc2)cc1. The predicted molar refractivity (Wildman–Crippen MR) is 143 cm³/mol. The molecule has 0 aliphatic heterocycles. The number of furan rings is 1. The van der Waals surface area contributed by atoms with Crippen LogP contribution in [0, 0.1) is 13.8 Å². The van der Waals surface area contributed by atoms with Crippen LogP contribution < -0.4 is 5.32 Å². The van der Waals surface area contributed by atoms with E-state index in [1.54, 1.807) is 6.26 Å². The maximum atomic E-state index is 13.6. The van der Waals surface area contributed by atoms with Gasteiger partial charge in [0.1, 0.15) is 11.0 Å². The number of carbonyl (C=O) groups excluding carboxylic acids is 1. The number of nitrogens with zero attached hydrogens (tertiary/aromatic N) is 3. The second-order valence-electron chi connectivity index (χ2n) is 8.53. The first-order valence-corrected chi connectivity index (χ1v) is 12.6. The zero-order valence-corrected chi connectivity index (χ0v) is 20.9. The molecule has 1 atom stereocenters. The summed E-state index contributed by atoms with van der Waals surface area (Å²) in [6, 6.07) is 29.6. The molecule has 5 aromatic rings. The third kappa shape index (κ3) is 5.26. The molecule has 0 aliphatic rings. The molecule has 0 radical (unpaired) electrons. The van der Waals surface area contributed by atoms with Crippen LogP contribution in [0.4, 0.5) is 5.69 Å². The largest absolute Gasteiger partial charge is 0.469 e. The summed E-state index contributed by atoms with van der Waals surface area (Å²) in [4.78, 5) is 13.6. The van der Waals surface area contributed by atoms with E-state index in [0.29, 0.717) is 17.5 Å². The van der Waals surface area contributed by atoms with Gasteiger partial charge < -0.3 is 9.73 Å². The molecule has 0 saturated carbocycles. The number of nitrogens with one attached hydrogen (secondary N) is 1. The van der Waals surface area contributed by atoms with Gasteiger partial charge in [0.25, 0.3) is 0 Å². The lowest BCUT2D eigenvalue weighted by Crippen LogP contribution is -2.19. The summed E-state index contributed by atoms with van der Waals surface area (Å²) in [7, 11) is 0. The Bertz CT molecular complexity index is 1440. The van der Waals surface area contributed by atoms with Crippen LogP contribution >= 0.6 is 11.8 Å². The molecule has 7 heteroatoms. The van der Waals surface area contributed by atoms with Gasteiger partial charge in [-0.2, -0.15) is 0 Å². The van der Waals surface area contributed by atoms with Gasteiger partial charge in [-0.05, 0) is 43.2 Å². The molecule has 2 aromatic heterocycles. The summed E-state index contributed by atoms with van der Waals surface area (Å²) < 4.78 is 7.59. The fourth-order valence-corrected chi connectivity index (χ4v) is 4.99. The van der Waals surface area contributed by atoms with Crippen LogP contribution in [0.15, 0.2) is 107 Å². The van der Waals surface area contributed by atoms with Gasteiger partial charge in [0, 0.05) is 5.69 Å². The van der Waals surface area contributed by atoms with E-state index in [1.807, 2.05) is 97.3 Å². The van der Waals surface area contributed by atoms with E-state index in [0.717, 1.165) is 33.7 Å². The maximum absolute atomic E-state index is 13.6. The van der Waals surface area contributed by atoms with Gasteiger partial charge in [-0.15, -0.1) is 10.2 Å². The normalized spacial score (nSPS) is 11.8. The van der Waals surface area contributed by atoms with Crippen molar-refractivity contribution in [1.29, 1.82) is 0 Å². The summed E-state index contributed by atoms with van der Waals surface area (Å²) in [5.41, 5.74) is 4.78. The third-order valence-electron chi connectivity index (χ3n) is 5.88. The molecule has 0 spiro atoms. The molecule has 0 bridgehead atoms. The number of aromatic nitrogens is 3. The topological polar surface area (TPSA) is 73.0 Å².